The third-order valence-corrected chi connectivity index (χ3v) is 3.36. The highest BCUT2D eigenvalue weighted by atomic mass is 35.5. The second-order valence-electron chi connectivity index (χ2n) is 2.79. The van der Waals surface area contributed by atoms with Crippen LogP contribution in [-0.2, 0) is 0 Å². The highest BCUT2D eigenvalue weighted by Crippen LogP contribution is 2.43. The molecule has 0 fully saturated rings. The molecule has 14 heavy (non-hydrogen) atoms. The fourth-order valence-electron chi connectivity index (χ4n) is 0.890. The van der Waals surface area contributed by atoms with E-state index in [2.05, 4.69) is 0 Å². The van der Waals surface area contributed by atoms with Crippen molar-refractivity contribution in [1.82, 2.24) is 0 Å². The minimum absolute atomic E-state index is 0.0643. The van der Waals surface area contributed by atoms with E-state index in [1.165, 1.54) is 6.07 Å². The first-order chi connectivity index (χ1) is 6.35. The van der Waals surface area contributed by atoms with Crippen LogP contribution >= 0.6 is 22.9 Å². The molecule has 0 spiro atoms. The molecule has 0 nitrogen and oxygen atoms in total. The van der Waals surface area contributed by atoms with Gasteiger partial charge in [-0.25, -0.2) is 8.78 Å². The van der Waals surface area contributed by atoms with Gasteiger partial charge in [-0.15, -0.1) is 22.9 Å². The molecular formula is C8H7ClF4S. The molecule has 1 unspecified atom stereocenters. The second-order valence-corrected chi connectivity index (χ2v) is 4.54. The third kappa shape index (κ3) is 2.20. The highest BCUT2D eigenvalue weighted by Gasteiger charge is 2.49. The molecule has 1 atom stereocenters. The Morgan fingerprint density at radius 2 is 1.93 bits per heavy atom. The molecule has 0 aromatic carbocycles. The largest absolute Gasteiger partial charge is 0.328 e. The lowest BCUT2D eigenvalue weighted by atomic mass is 10.2. The maximum atomic E-state index is 12.8. The lowest BCUT2D eigenvalue weighted by Crippen LogP contribution is -2.31. The average Bonchev–Trinajstić information content (AvgIpc) is 2.50. The molecule has 0 amide bonds. The zero-order valence-corrected chi connectivity index (χ0v) is 8.68. The first kappa shape index (κ1) is 11.8. The van der Waals surface area contributed by atoms with Gasteiger partial charge in [-0.05, 0) is 19.1 Å². The van der Waals surface area contributed by atoms with Crippen molar-refractivity contribution in [3.8, 4) is 0 Å². The second kappa shape index (κ2) is 4.06. The molecule has 0 aliphatic heterocycles. The number of aryl methyl sites for hydroxylation is 1. The van der Waals surface area contributed by atoms with Crippen LogP contribution in [-0.4, -0.2) is 12.3 Å². The summed E-state index contributed by atoms with van der Waals surface area (Å²) in [5.41, 5.74) is 0. The summed E-state index contributed by atoms with van der Waals surface area (Å²) in [6.07, 6.45) is -3.74. The van der Waals surface area contributed by atoms with Crippen LogP contribution in [0.1, 0.15) is 15.1 Å². The smallest absolute Gasteiger partial charge is 0.204 e. The SMILES string of the molecule is Cc1ccc(C(Cl)C(F)(F)C(F)F)s1. The first-order valence-electron chi connectivity index (χ1n) is 3.72. The minimum Gasteiger partial charge on any atom is -0.204 e. The summed E-state index contributed by atoms with van der Waals surface area (Å²) >= 11 is 6.28. The maximum Gasteiger partial charge on any atom is 0.328 e. The first-order valence-corrected chi connectivity index (χ1v) is 4.97. The maximum absolute atomic E-state index is 12.8. The van der Waals surface area contributed by atoms with Crippen molar-refractivity contribution >= 4 is 22.9 Å². The zero-order valence-electron chi connectivity index (χ0n) is 7.11. The van der Waals surface area contributed by atoms with Crippen LogP contribution in [0.15, 0.2) is 12.1 Å². The van der Waals surface area contributed by atoms with Crippen LogP contribution in [0.25, 0.3) is 0 Å². The van der Waals surface area contributed by atoms with Gasteiger partial charge in [0, 0.05) is 9.75 Å². The Balaban J connectivity index is 2.89. The predicted octanol–water partition coefficient (Wildman–Crippen LogP) is 4.24. The Kier molecular flexibility index (Phi) is 3.42. The highest BCUT2D eigenvalue weighted by molar-refractivity contribution is 7.12. The molecule has 1 heterocycles. The van der Waals surface area contributed by atoms with Gasteiger partial charge in [-0.3, -0.25) is 0 Å². The number of alkyl halides is 5. The van der Waals surface area contributed by atoms with Crippen molar-refractivity contribution in [2.24, 2.45) is 0 Å². The zero-order chi connectivity index (χ0) is 10.9. The number of rotatable bonds is 3. The lowest BCUT2D eigenvalue weighted by molar-refractivity contribution is -0.130. The van der Waals surface area contributed by atoms with E-state index in [9.17, 15) is 17.6 Å². The van der Waals surface area contributed by atoms with Crippen LogP contribution in [0, 0.1) is 6.92 Å². The molecule has 0 saturated carbocycles. The van der Waals surface area contributed by atoms with Crippen molar-refractivity contribution in [2.45, 2.75) is 24.6 Å². The standard InChI is InChI=1S/C8H7ClF4S/c1-4-2-3-5(14-4)6(9)8(12,13)7(10)11/h2-3,6-7H,1H3. The van der Waals surface area contributed by atoms with Crippen molar-refractivity contribution in [3.05, 3.63) is 21.9 Å². The van der Waals surface area contributed by atoms with Gasteiger partial charge in [0.15, 0.2) is 0 Å². The van der Waals surface area contributed by atoms with Crippen molar-refractivity contribution < 1.29 is 17.6 Å². The van der Waals surface area contributed by atoms with Gasteiger partial charge in [-0.2, -0.15) is 8.78 Å². The van der Waals surface area contributed by atoms with E-state index in [1.807, 2.05) is 0 Å². The average molecular weight is 247 g/mol. The summed E-state index contributed by atoms with van der Waals surface area (Å²) in [6.45, 7) is 1.69. The molecule has 6 heteroatoms. The number of thiophene rings is 1. The summed E-state index contributed by atoms with van der Waals surface area (Å²) in [4.78, 5) is 0.824. The molecular weight excluding hydrogens is 240 g/mol. The molecule has 1 rings (SSSR count). The summed E-state index contributed by atoms with van der Waals surface area (Å²) < 4.78 is 49.4. The Morgan fingerprint density at radius 1 is 1.36 bits per heavy atom. The fourth-order valence-corrected chi connectivity index (χ4v) is 2.10. The Bertz CT molecular complexity index is 310. The van der Waals surface area contributed by atoms with Gasteiger partial charge < -0.3 is 0 Å². The number of hydrogen-bond acceptors (Lipinski definition) is 1. The molecule has 80 valence electrons. The molecule has 0 aliphatic carbocycles. The van der Waals surface area contributed by atoms with E-state index in [0.29, 0.717) is 0 Å². The van der Waals surface area contributed by atoms with Crippen LogP contribution < -0.4 is 0 Å². The molecule has 1 aromatic rings. The van der Waals surface area contributed by atoms with Gasteiger partial charge in [-0.1, -0.05) is 0 Å². The summed E-state index contributed by atoms with van der Waals surface area (Å²) in [5, 5.41) is -1.96. The van der Waals surface area contributed by atoms with E-state index < -0.39 is 17.7 Å². The Labute approximate surface area is 87.5 Å². The summed E-state index contributed by atoms with van der Waals surface area (Å²) in [6, 6.07) is 2.91. The number of halogens is 5. The van der Waals surface area contributed by atoms with Crippen LogP contribution in [0.5, 0.6) is 0 Å². The Hall–Kier alpha value is -0.290. The van der Waals surface area contributed by atoms with E-state index >= 15 is 0 Å². The molecule has 0 radical (unpaired) electrons. The Morgan fingerprint density at radius 3 is 2.29 bits per heavy atom. The molecule has 0 aliphatic rings. The topological polar surface area (TPSA) is 0 Å². The van der Waals surface area contributed by atoms with Gasteiger partial charge in [0.05, 0.1) is 0 Å². The van der Waals surface area contributed by atoms with E-state index in [0.717, 1.165) is 16.2 Å². The normalized spacial score (nSPS) is 14.8. The molecule has 0 N–H and O–H groups in total. The summed E-state index contributed by atoms with van der Waals surface area (Å²) in [7, 11) is 0. The third-order valence-electron chi connectivity index (χ3n) is 1.64. The van der Waals surface area contributed by atoms with Gasteiger partial charge in [0.25, 0.3) is 0 Å². The van der Waals surface area contributed by atoms with Crippen LogP contribution in [0.3, 0.4) is 0 Å². The monoisotopic (exact) mass is 246 g/mol. The van der Waals surface area contributed by atoms with Gasteiger partial charge in [0.1, 0.15) is 5.38 Å². The van der Waals surface area contributed by atoms with E-state index in [-0.39, 0.29) is 4.88 Å². The van der Waals surface area contributed by atoms with Crippen molar-refractivity contribution in [2.75, 3.05) is 0 Å². The van der Waals surface area contributed by atoms with E-state index in [1.54, 1.807) is 13.0 Å². The van der Waals surface area contributed by atoms with Crippen molar-refractivity contribution in [1.29, 1.82) is 0 Å². The van der Waals surface area contributed by atoms with Crippen molar-refractivity contribution in [3.63, 3.8) is 0 Å². The fraction of sp³-hybridized carbons (Fsp3) is 0.500. The minimum atomic E-state index is -4.18. The van der Waals surface area contributed by atoms with Crippen LogP contribution in [0.2, 0.25) is 0 Å². The molecule has 1 aromatic heterocycles. The number of hydrogen-bond donors (Lipinski definition) is 0. The van der Waals surface area contributed by atoms with Gasteiger partial charge in [0.2, 0.25) is 0 Å². The predicted molar refractivity (Wildman–Crippen MR) is 48.6 cm³/mol. The van der Waals surface area contributed by atoms with Gasteiger partial charge >= 0.3 is 12.3 Å². The summed E-state index contributed by atoms with van der Waals surface area (Å²) in [5.74, 6) is -4.18. The lowest BCUT2D eigenvalue weighted by Gasteiger charge is -2.19. The quantitative estimate of drug-likeness (QED) is 0.553. The molecule has 0 saturated heterocycles. The van der Waals surface area contributed by atoms with Crippen LogP contribution in [0.4, 0.5) is 17.6 Å². The molecule has 0 bridgehead atoms. The van der Waals surface area contributed by atoms with E-state index in [4.69, 9.17) is 11.6 Å².